The number of phenols is 1. The lowest BCUT2D eigenvalue weighted by atomic mass is 10.1. The number of nitrogens with zero attached hydrogens (tertiary/aromatic N) is 2. The van der Waals surface area contributed by atoms with Gasteiger partial charge in [0.1, 0.15) is 23.8 Å². The van der Waals surface area contributed by atoms with Crippen molar-refractivity contribution in [1.82, 2.24) is 15.4 Å². The first-order valence-corrected chi connectivity index (χ1v) is 8.41. The predicted octanol–water partition coefficient (Wildman–Crippen LogP) is 3.11. The Morgan fingerprint density at radius 3 is 2.63 bits per heavy atom. The Morgan fingerprint density at radius 1 is 1.11 bits per heavy atom. The van der Waals surface area contributed by atoms with Crippen LogP contribution in [0.2, 0.25) is 0 Å². The van der Waals surface area contributed by atoms with Gasteiger partial charge in [0.25, 0.3) is 5.91 Å². The molecule has 0 saturated heterocycles. The van der Waals surface area contributed by atoms with E-state index in [-0.39, 0.29) is 18.1 Å². The van der Waals surface area contributed by atoms with Gasteiger partial charge in [-0.2, -0.15) is 0 Å². The summed E-state index contributed by atoms with van der Waals surface area (Å²) in [7, 11) is 0. The molecule has 0 aliphatic carbocycles. The van der Waals surface area contributed by atoms with E-state index in [2.05, 4.69) is 15.4 Å². The number of aromatic hydroxyl groups is 1. The largest absolute Gasteiger partial charge is 0.508 e. The van der Waals surface area contributed by atoms with Crippen LogP contribution in [0.4, 0.5) is 0 Å². The number of hydrogen-bond acceptors (Lipinski definition) is 6. The van der Waals surface area contributed by atoms with Crippen molar-refractivity contribution < 1.29 is 19.5 Å². The van der Waals surface area contributed by atoms with Crippen LogP contribution in [0.5, 0.6) is 11.5 Å². The zero-order valence-electron chi connectivity index (χ0n) is 14.8. The summed E-state index contributed by atoms with van der Waals surface area (Å²) in [6, 6.07) is 14.1. The minimum Gasteiger partial charge on any atom is -0.508 e. The molecule has 0 fully saturated rings. The van der Waals surface area contributed by atoms with E-state index in [1.807, 2.05) is 31.2 Å². The molecule has 7 nitrogen and oxygen atoms in total. The number of ether oxygens (including phenoxy) is 1. The molecular formula is C20H19N3O4. The second kappa shape index (κ2) is 8.77. The minimum atomic E-state index is -0.522. The van der Waals surface area contributed by atoms with Crippen molar-refractivity contribution in [2.24, 2.45) is 0 Å². The highest BCUT2D eigenvalue weighted by Crippen LogP contribution is 2.20. The molecule has 0 unspecified atom stereocenters. The van der Waals surface area contributed by atoms with Gasteiger partial charge in [0.2, 0.25) is 0 Å². The summed E-state index contributed by atoms with van der Waals surface area (Å²) in [6.45, 7) is 2.54. The maximum absolute atomic E-state index is 12.2. The molecule has 1 aromatic heterocycles. The molecule has 3 aromatic rings. The number of nitrogens with one attached hydrogen (secondary N) is 1. The molecule has 2 N–H and O–H groups in total. The molecule has 0 atom stereocenters. The zero-order valence-corrected chi connectivity index (χ0v) is 14.8. The van der Waals surface area contributed by atoms with Crippen LogP contribution in [0.15, 0.2) is 60.9 Å². The average molecular weight is 365 g/mol. The molecule has 138 valence electrons. The maximum Gasteiger partial charge on any atom is 0.295 e. The number of aromatic nitrogens is 2. The minimum absolute atomic E-state index is 0.0322. The first kappa shape index (κ1) is 18.3. The lowest BCUT2D eigenvalue weighted by Crippen LogP contribution is -2.24. The van der Waals surface area contributed by atoms with Crippen LogP contribution in [-0.2, 0) is 11.4 Å². The van der Waals surface area contributed by atoms with Gasteiger partial charge >= 0.3 is 0 Å². The molecular weight excluding hydrogens is 346 g/mol. The van der Waals surface area contributed by atoms with E-state index in [1.165, 1.54) is 6.20 Å². The van der Waals surface area contributed by atoms with Gasteiger partial charge < -0.3 is 9.84 Å². The standard InChI is InChI=1S/C20H19N3O4/c1-2-26-16-9-7-14(8-10-16)17-11-21-12-18(22-17)20(25)23-27-13-15-5-3-4-6-19(15)24/h3-12,24H,2,13H2,1H3,(H,23,25). The van der Waals surface area contributed by atoms with Gasteiger partial charge in [-0.3, -0.25) is 14.6 Å². The average Bonchev–Trinajstić information content (AvgIpc) is 2.70. The Morgan fingerprint density at radius 2 is 1.89 bits per heavy atom. The highest BCUT2D eigenvalue weighted by Gasteiger charge is 2.11. The quantitative estimate of drug-likeness (QED) is 0.625. The normalized spacial score (nSPS) is 10.4. The highest BCUT2D eigenvalue weighted by molar-refractivity contribution is 5.91. The van der Waals surface area contributed by atoms with Crippen LogP contribution in [0, 0.1) is 0 Å². The second-order valence-electron chi connectivity index (χ2n) is 5.60. The van der Waals surface area contributed by atoms with Gasteiger partial charge in [0.15, 0.2) is 0 Å². The van der Waals surface area contributed by atoms with Crippen molar-refractivity contribution in [1.29, 1.82) is 0 Å². The predicted molar refractivity (Wildman–Crippen MR) is 99.0 cm³/mol. The van der Waals surface area contributed by atoms with Gasteiger partial charge in [-0.05, 0) is 37.3 Å². The van der Waals surface area contributed by atoms with Crippen LogP contribution in [-0.4, -0.2) is 27.6 Å². The van der Waals surface area contributed by atoms with E-state index in [9.17, 15) is 9.90 Å². The number of para-hydroxylation sites is 1. The van der Waals surface area contributed by atoms with Crippen LogP contribution in [0.3, 0.4) is 0 Å². The summed E-state index contributed by atoms with van der Waals surface area (Å²) in [5, 5.41) is 9.68. The molecule has 2 aromatic carbocycles. The van der Waals surface area contributed by atoms with E-state index in [0.717, 1.165) is 11.3 Å². The molecule has 27 heavy (non-hydrogen) atoms. The molecule has 0 spiro atoms. The molecule has 3 rings (SSSR count). The van der Waals surface area contributed by atoms with Crippen molar-refractivity contribution in [3.8, 4) is 22.8 Å². The third-order valence-corrected chi connectivity index (χ3v) is 3.71. The van der Waals surface area contributed by atoms with Crippen molar-refractivity contribution in [2.45, 2.75) is 13.5 Å². The zero-order chi connectivity index (χ0) is 19.1. The van der Waals surface area contributed by atoms with E-state index < -0.39 is 5.91 Å². The lowest BCUT2D eigenvalue weighted by molar-refractivity contribution is 0.0223. The third-order valence-electron chi connectivity index (χ3n) is 3.71. The summed E-state index contributed by atoms with van der Waals surface area (Å²) >= 11 is 0. The number of carbonyl (C=O) groups excluding carboxylic acids is 1. The van der Waals surface area contributed by atoms with Crippen molar-refractivity contribution in [2.75, 3.05) is 6.61 Å². The number of phenolic OH excluding ortho intramolecular Hbond substituents is 1. The molecule has 0 saturated carbocycles. The summed E-state index contributed by atoms with van der Waals surface area (Å²) in [5.74, 6) is 0.343. The third kappa shape index (κ3) is 4.80. The van der Waals surface area contributed by atoms with Crippen LogP contribution in [0.1, 0.15) is 23.0 Å². The van der Waals surface area contributed by atoms with Gasteiger partial charge in [-0.1, -0.05) is 18.2 Å². The lowest BCUT2D eigenvalue weighted by Gasteiger charge is -2.08. The molecule has 7 heteroatoms. The Hall–Kier alpha value is -3.45. The maximum atomic E-state index is 12.2. The SMILES string of the molecule is CCOc1ccc(-c2cncc(C(=O)NOCc3ccccc3O)n2)cc1. The smallest absolute Gasteiger partial charge is 0.295 e. The van der Waals surface area contributed by atoms with E-state index in [4.69, 9.17) is 9.57 Å². The number of hydroxylamine groups is 1. The molecule has 0 aliphatic rings. The fourth-order valence-electron chi connectivity index (χ4n) is 2.37. The van der Waals surface area contributed by atoms with E-state index >= 15 is 0 Å². The summed E-state index contributed by atoms with van der Waals surface area (Å²) in [6.07, 6.45) is 2.94. The molecule has 0 bridgehead atoms. The summed E-state index contributed by atoms with van der Waals surface area (Å²) in [5.41, 5.74) is 4.37. The van der Waals surface area contributed by atoms with Crippen molar-refractivity contribution in [3.05, 3.63) is 72.2 Å². The van der Waals surface area contributed by atoms with Crippen LogP contribution < -0.4 is 10.2 Å². The monoisotopic (exact) mass is 365 g/mol. The second-order valence-corrected chi connectivity index (χ2v) is 5.60. The molecule has 0 radical (unpaired) electrons. The van der Waals surface area contributed by atoms with Gasteiger partial charge in [0.05, 0.1) is 24.7 Å². The van der Waals surface area contributed by atoms with Crippen molar-refractivity contribution >= 4 is 5.91 Å². The Kier molecular flexibility index (Phi) is 5.96. The van der Waals surface area contributed by atoms with E-state index in [1.54, 1.807) is 30.5 Å². The number of amides is 1. The fourth-order valence-corrected chi connectivity index (χ4v) is 2.37. The topological polar surface area (TPSA) is 93.6 Å². The van der Waals surface area contributed by atoms with Gasteiger partial charge in [0, 0.05) is 11.1 Å². The Balaban J connectivity index is 1.64. The highest BCUT2D eigenvalue weighted by atomic mass is 16.6. The van der Waals surface area contributed by atoms with Gasteiger partial charge in [-0.25, -0.2) is 10.5 Å². The number of benzene rings is 2. The first-order chi connectivity index (χ1) is 13.2. The Bertz CT molecular complexity index is 913. The van der Waals surface area contributed by atoms with E-state index in [0.29, 0.717) is 17.9 Å². The van der Waals surface area contributed by atoms with Crippen molar-refractivity contribution in [3.63, 3.8) is 0 Å². The number of rotatable bonds is 7. The van der Waals surface area contributed by atoms with Crippen LogP contribution >= 0.6 is 0 Å². The number of carbonyl (C=O) groups is 1. The summed E-state index contributed by atoms with van der Waals surface area (Å²) in [4.78, 5) is 25.8. The molecule has 1 heterocycles. The van der Waals surface area contributed by atoms with Crippen LogP contribution in [0.25, 0.3) is 11.3 Å². The molecule has 1 amide bonds. The fraction of sp³-hybridized carbons (Fsp3) is 0.150. The molecule has 0 aliphatic heterocycles. The summed E-state index contributed by atoms with van der Waals surface area (Å²) < 4.78 is 5.41. The number of hydrogen-bond donors (Lipinski definition) is 2. The first-order valence-electron chi connectivity index (χ1n) is 8.41. The van der Waals surface area contributed by atoms with Gasteiger partial charge in [-0.15, -0.1) is 0 Å². The Labute approximate surface area is 156 Å².